The number of nitrogens with zero attached hydrogens (tertiary/aromatic N) is 5. The van der Waals surface area contributed by atoms with Crippen molar-refractivity contribution in [3.63, 3.8) is 0 Å². The van der Waals surface area contributed by atoms with Gasteiger partial charge in [0.05, 0.1) is 40.3 Å². The van der Waals surface area contributed by atoms with Gasteiger partial charge in [-0.25, -0.2) is 13.1 Å². The maximum atomic E-state index is 14.6. The summed E-state index contributed by atoms with van der Waals surface area (Å²) in [4.78, 5) is 40.8. The van der Waals surface area contributed by atoms with Crippen LogP contribution in [0.3, 0.4) is 0 Å². The molecule has 19 heteroatoms. The molecule has 364 valence electrons. The summed E-state index contributed by atoms with van der Waals surface area (Å²) in [5.41, 5.74) is 3.96. The highest BCUT2D eigenvalue weighted by atomic mass is 32.2. The van der Waals surface area contributed by atoms with E-state index < -0.39 is 44.7 Å². The number of aromatic nitrogens is 2. The van der Waals surface area contributed by atoms with E-state index in [9.17, 15) is 27.9 Å². The van der Waals surface area contributed by atoms with Gasteiger partial charge in [0, 0.05) is 73.6 Å². The monoisotopic (exact) mass is 978 g/mol. The van der Waals surface area contributed by atoms with Gasteiger partial charge < -0.3 is 38.9 Å². The van der Waals surface area contributed by atoms with Gasteiger partial charge in [0.2, 0.25) is 5.88 Å². The summed E-state index contributed by atoms with van der Waals surface area (Å²) in [6.07, 6.45) is 9.51. The molecule has 5 fully saturated rings. The first kappa shape index (κ1) is 45.9. The molecule has 0 unspecified atom stereocenters. The number of pyridine rings is 1. The van der Waals surface area contributed by atoms with E-state index in [0.29, 0.717) is 61.9 Å². The quantitative estimate of drug-likeness (QED) is 0.0628. The van der Waals surface area contributed by atoms with Crippen LogP contribution in [0.2, 0.25) is 0 Å². The summed E-state index contributed by atoms with van der Waals surface area (Å²) in [6, 6.07) is 21.7. The van der Waals surface area contributed by atoms with Crippen LogP contribution >= 0.6 is 7.14 Å². The lowest BCUT2D eigenvalue weighted by Crippen LogP contribution is -2.55. The van der Waals surface area contributed by atoms with Gasteiger partial charge in [0.15, 0.2) is 0 Å². The third-order valence-corrected chi connectivity index (χ3v) is 18.5. The second-order valence-corrected chi connectivity index (χ2v) is 25.1. The summed E-state index contributed by atoms with van der Waals surface area (Å²) in [5.74, 6) is -0.260. The third kappa shape index (κ3) is 8.76. The zero-order valence-corrected chi connectivity index (χ0v) is 40.7. The predicted molar refractivity (Wildman–Crippen MR) is 265 cm³/mol. The van der Waals surface area contributed by atoms with Crippen LogP contribution in [-0.2, 0) is 24.1 Å². The van der Waals surface area contributed by atoms with Crippen molar-refractivity contribution in [2.45, 2.75) is 80.5 Å². The Morgan fingerprint density at radius 2 is 1.75 bits per heavy atom. The first-order chi connectivity index (χ1) is 33.2. The lowest BCUT2D eigenvalue weighted by molar-refractivity contribution is -0.384. The van der Waals surface area contributed by atoms with Crippen LogP contribution in [0, 0.1) is 21.4 Å². The maximum Gasteiger partial charge on any atom is 0.293 e. The number of nitrogens with one attached hydrogen (secondary N) is 3. The van der Waals surface area contributed by atoms with Crippen molar-refractivity contribution in [2.24, 2.45) is 11.3 Å². The fourth-order valence-corrected chi connectivity index (χ4v) is 14.2. The van der Waals surface area contributed by atoms with E-state index in [1.54, 1.807) is 12.3 Å². The Bertz CT molecular complexity index is 2960. The van der Waals surface area contributed by atoms with E-state index in [4.69, 9.17) is 19.2 Å². The van der Waals surface area contributed by atoms with Crippen molar-refractivity contribution >= 4 is 67.8 Å². The zero-order valence-electron chi connectivity index (χ0n) is 39.0. The summed E-state index contributed by atoms with van der Waals surface area (Å²) in [5, 5.41) is 17.2. The minimum Gasteiger partial charge on any atom is -0.468 e. The fraction of sp³-hybridized carbons (Fsp3) is 0.480. The minimum absolute atomic E-state index is 0.0961. The first-order valence-electron chi connectivity index (χ1n) is 24.2. The molecule has 1 amide bonds. The summed E-state index contributed by atoms with van der Waals surface area (Å²) < 4.78 is 61.6. The second-order valence-electron chi connectivity index (χ2n) is 20.2. The van der Waals surface area contributed by atoms with Crippen LogP contribution in [0.1, 0.15) is 73.3 Å². The van der Waals surface area contributed by atoms with Crippen LogP contribution in [0.4, 0.5) is 28.4 Å². The van der Waals surface area contributed by atoms with Crippen LogP contribution in [0.5, 0.6) is 5.88 Å². The number of ether oxygens (including phenoxy) is 3. The van der Waals surface area contributed by atoms with Crippen molar-refractivity contribution in [3.05, 3.63) is 100 Å². The Hall–Kier alpha value is -5.52. The Morgan fingerprint density at radius 1 is 0.957 bits per heavy atom. The van der Waals surface area contributed by atoms with Gasteiger partial charge in [-0.3, -0.25) is 19.8 Å². The molecule has 5 aromatic rings. The Morgan fingerprint density at radius 3 is 2.54 bits per heavy atom. The number of amides is 1. The highest BCUT2D eigenvalue weighted by Gasteiger charge is 2.50. The topological polar surface area (TPSA) is 202 Å². The number of hydrogen-bond acceptors (Lipinski definition) is 14. The van der Waals surface area contributed by atoms with Crippen molar-refractivity contribution in [3.8, 4) is 5.88 Å². The van der Waals surface area contributed by atoms with Gasteiger partial charge in [-0.1, -0.05) is 24.3 Å². The molecule has 5 aliphatic heterocycles. The molecule has 7 heterocycles. The molecule has 2 aromatic heterocycles. The number of anilines is 4. The van der Waals surface area contributed by atoms with Crippen LogP contribution in [0.15, 0.2) is 83.9 Å². The van der Waals surface area contributed by atoms with Gasteiger partial charge in [0.25, 0.3) is 21.6 Å². The van der Waals surface area contributed by atoms with Crippen LogP contribution in [0.25, 0.3) is 11.0 Å². The van der Waals surface area contributed by atoms with E-state index in [2.05, 4.69) is 43.0 Å². The number of fused-ring (bicyclic) bond motifs is 3. The number of likely N-dealkylation sites (tertiary alicyclic amines) is 1. The SMILES string of the molecule is CP(C)(=O)c1ccccc1[C@@H]1CCCN1C1CC2(CCN(c3ccc(C(=O)NS(=O)(=O)c4ccc(NCC5CCOCC5)c([N+](=O)[O-])c4)c(N4c5cc6cc[nH]c6nc5O[C@@H]5COC[C@H]54)c3)CC2)C1. The zero-order chi connectivity index (χ0) is 47.7. The molecule has 0 radical (unpaired) electrons. The van der Waals surface area contributed by atoms with Gasteiger partial charge in [0.1, 0.15) is 30.3 Å². The summed E-state index contributed by atoms with van der Waals surface area (Å²) in [6.45, 7) is 8.74. The largest absolute Gasteiger partial charge is 0.468 e. The number of sulfonamides is 1. The first-order valence-corrected chi connectivity index (χ1v) is 28.3. The number of nitro groups is 1. The molecule has 3 N–H and O–H groups in total. The van der Waals surface area contributed by atoms with Gasteiger partial charge in [-0.2, -0.15) is 4.98 Å². The van der Waals surface area contributed by atoms with Gasteiger partial charge in [-0.05, 0) is 131 Å². The van der Waals surface area contributed by atoms with Gasteiger partial charge in [-0.15, -0.1) is 0 Å². The molecule has 3 aromatic carbocycles. The molecule has 17 nitrogen and oxygen atoms in total. The number of benzene rings is 3. The van der Waals surface area contributed by atoms with E-state index in [1.807, 2.05) is 48.6 Å². The molecule has 4 saturated heterocycles. The number of carbonyl (C=O) groups is 1. The average Bonchev–Trinajstić information content (AvgIpc) is 4.13. The van der Waals surface area contributed by atoms with Crippen molar-refractivity contribution in [1.29, 1.82) is 0 Å². The van der Waals surface area contributed by atoms with E-state index in [-0.39, 0.29) is 34.7 Å². The third-order valence-electron chi connectivity index (χ3n) is 15.6. The summed E-state index contributed by atoms with van der Waals surface area (Å²) >= 11 is 0. The summed E-state index contributed by atoms with van der Waals surface area (Å²) in [7, 11) is -7.04. The molecule has 6 aliphatic rings. The Labute approximate surface area is 401 Å². The van der Waals surface area contributed by atoms with Crippen LogP contribution in [-0.4, -0.2) is 118 Å². The number of carbonyl (C=O) groups excluding carboxylic acids is 1. The standard InChI is InChI=1S/C50H59N8O9PS/c1-68(2,62)46-8-4-3-6-37(46)40-7-5-19-56(40)35-27-50(28-35)16-20-55(21-17-50)34-9-11-38(41(25-34)57-43-24-33-13-18-51-47(33)53-49(43)67-45-31-66-30-44(45)57)48(59)54-69(63,64)36-10-12-39(42(26-36)58(60)61)52-29-32-14-22-65-23-15-32/h3-4,6,8-13,18,24-26,32,35,40,44-45,52H,5,7,14-17,19-23,27-31H2,1-2H3,(H,51,53)(H,54,59)/t40-,44+,45+/m0/s1. The number of H-pyrrole nitrogens is 1. The van der Waals surface area contributed by atoms with E-state index in [1.165, 1.54) is 17.7 Å². The maximum absolute atomic E-state index is 14.6. The number of piperidine rings is 1. The molecule has 1 saturated carbocycles. The normalized spacial score (nSPS) is 23.1. The van der Waals surface area contributed by atoms with E-state index in [0.717, 1.165) is 93.4 Å². The smallest absolute Gasteiger partial charge is 0.293 e. The van der Waals surface area contributed by atoms with Crippen molar-refractivity contribution < 1.29 is 36.9 Å². The fourth-order valence-electron chi connectivity index (χ4n) is 11.9. The highest BCUT2D eigenvalue weighted by molar-refractivity contribution is 7.90. The molecule has 3 atom stereocenters. The minimum atomic E-state index is -4.60. The highest BCUT2D eigenvalue weighted by Crippen LogP contribution is 2.55. The Kier molecular flexibility index (Phi) is 12.0. The molecule has 11 rings (SSSR count). The van der Waals surface area contributed by atoms with Crippen LogP contribution < -0.4 is 29.9 Å². The number of rotatable bonds is 12. The second kappa shape index (κ2) is 18.0. The number of nitro benzene ring substituents is 1. The average molecular weight is 979 g/mol. The lowest BCUT2D eigenvalue weighted by atomic mass is 9.60. The predicted octanol–water partition coefficient (Wildman–Crippen LogP) is 7.56. The Balaban J connectivity index is 0.864. The number of hydrogen-bond donors (Lipinski definition) is 3. The molecule has 1 spiro atoms. The molecule has 0 bridgehead atoms. The lowest BCUT2D eigenvalue weighted by Gasteiger charge is -2.56. The molecule has 69 heavy (non-hydrogen) atoms. The number of aromatic amines is 1. The van der Waals surface area contributed by atoms with Crippen molar-refractivity contribution in [2.75, 3.05) is 81.1 Å². The van der Waals surface area contributed by atoms with Crippen molar-refractivity contribution in [1.82, 2.24) is 19.6 Å². The molecular weight excluding hydrogens is 920 g/mol. The van der Waals surface area contributed by atoms with E-state index >= 15 is 0 Å². The molecular formula is C50H59N8O9PS. The molecule has 1 aliphatic carbocycles. The van der Waals surface area contributed by atoms with Gasteiger partial charge >= 0.3 is 0 Å².